The molecule has 8 heteroatoms. The van der Waals surface area contributed by atoms with Crippen LogP contribution < -0.4 is 15.4 Å². The van der Waals surface area contributed by atoms with Gasteiger partial charge in [-0.05, 0) is 36.6 Å². The van der Waals surface area contributed by atoms with Crippen molar-refractivity contribution in [2.75, 3.05) is 25.7 Å². The zero-order valence-corrected chi connectivity index (χ0v) is 19.8. The van der Waals surface area contributed by atoms with Gasteiger partial charge in [0.15, 0.2) is 5.78 Å². The van der Waals surface area contributed by atoms with Crippen molar-refractivity contribution >= 4 is 23.3 Å². The first-order valence-corrected chi connectivity index (χ1v) is 11.5. The molecular formula is C27H26N2O6. The van der Waals surface area contributed by atoms with E-state index in [1.807, 2.05) is 24.3 Å². The number of fused-ring (bicyclic) bond motifs is 3. The molecule has 2 atom stereocenters. The van der Waals surface area contributed by atoms with E-state index in [0.717, 1.165) is 5.56 Å². The average molecular weight is 475 g/mol. The smallest absolute Gasteiger partial charge is 0.341 e. The summed E-state index contributed by atoms with van der Waals surface area (Å²) in [6, 6.07) is 14.6. The van der Waals surface area contributed by atoms with Gasteiger partial charge >= 0.3 is 5.97 Å². The summed E-state index contributed by atoms with van der Waals surface area (Å²) < 4.78 is 16.5. The Hall–Kier alpha value is -4.07. The number of carbonyl (C=O) groups excluding carboxylic acids is 3. The van der Waals surface area contributed by atoms with Gasteiger partial charge in [-0.1, -0.05) is 30.3 Å². The van der Waals surface area contributed by atoms with Crippen molar-refractivity contribution < 1.29 is 28.6 Å². The molecule has 1 spiro atoms. The van der Waals surface area contributed by atoms with E-state index < -0.39 is 17.3 Å². The predicted octanol–water partition coefficient (Wildman–Crippen LogP) is 3.07. The molecule has 1 aliphatic carbocycles. The second-order valence-corrected chi connectivity index (χ2v) is 8.79. The van der Waals surface area contributed by atoms with E-state index >= 15 is 0 Å². The van der Waals surface area contributed by atoms with Gasteiger partial charge in [0.25, 0.3) is 0 Å². The summed E-state index contributed by atoms with van der Waals surface area (Å²) in [7, 11) is 3.22. The molecule has 35 heavy (non-hydrogen) atoms. The van der Waals surface area contributed by atoms with Crippen molar-refractivity contribution in [2.45, 2.75) is 31.1 Å². The van der Waals surface area contributed by atoms with Gasteiger partial charge in [-0.25, -0.2) is 4.79 Å². The summed E-state index contributed by atoms with van der Waals surface area (Å²) in [5.41, 5.74) is 6.71. The zero-order valence-electron chi connectivity index (χ0n) is 19.8. The minimum Gasteiger partial charge on any atom is -0.497 e. The molecule has 2 aromatic carbocycles. The number of methoxy groups -OCH3 is 1. The third kappa shape index (κ3) is 3.16. The summed E-state index contributed by atoms with van der Waals surface area (Å²) in [5.74, 6) is -0.844. The van der Waals surface area contributed by atoms with Gasteiger partial charge < -0.3 is 24.8 Å². The van der Waals surface area contributed by atoms with Crippen molar-refractivity contribution in [3.8, 4) is 5.75 Å². The van der Waals surface area contributed by atoms with Crippen LogP contribution in [0.3, 0.4) is 0 Å². The van der Waals surface area contributed by atoms with Gasteiger partial charge in [0.1, 0.15) is 22.5 Å². The largest absolute Gasteiger partial charge is 0.497 e. The highest BCUT2D eigenvalue weighted by Gasteiger charge is 2.63. The average Bonchev–Trinajstić information content (AvgIpc) is 3.06. The van der Waals surface area contributed by atoms with Crippen LogP contribution in [0.1, 0.15) is 36.8 Å². The molecule has 3 aliphatic rings. The number of ketones is 1. The van der Waals surface area contributed by atoms with E-state index in [1.54, 1.807) is 45.3 Å². The number of likely N-dealkylation sites (N-methyl/N-ethyl adjacent to an activating group) is 1. The number of hydrogen-bond donors (Lipinski definition) is 1. The first-order chi connectivity index (χ1) is 16.8. The number of esters is 1. The number of Topliss-reactive ketones (excluding diaryl/α,β-unsaturated/α-hetero) is 1. The highest BCUT2D eigenvalue weighted by atomic mass is 16.5. The number of anilines is 1. The third-order valence-corrected chi connectivity index (χ3v) is 7.01. The number of ether oxygens (including phenoxy) is 3. The molecule has 2 aliphatic heterocycles. The molecule has 5 rings (SSSR count). The molecule has 0 aromatic heterocycles. The van der Waals surface area contributed by atoms with Gasteiger partial charge in [0.05, 0.1) is 19.3 Å². The minimum atomic E-state index is -1.71. The molecule has 0 radical (unpaired) electrons. The van der Waals surface area contributed by atoms with Crippen molar-refractivity contribution in [1.82, 2.24) is 0 Å². The molecule has 2 aromatic rings. The van der Waals surface area contributed by atoms with Gasteiger partial charge in [-0.15, -0.1) is 0 Å². The van der Waals surface area contributed by atoms with Gasteiger partial charge in [0, 0.05) is 31.1 Å². The Morgan fingerprint density at radius 2 is 1.86 bits per heavy atom. The van der Waals surface area contributed by atoms with Crippen molar-refractivity contribution in [2.24, 2.45) is 5.73 Å². The van der Waals surface area contributed by atoms with Crippen LogP contribution in [0.25, 0.3) is 0 Å². The van der Waals surface area contributed by atoms with Crippen LogP contribution in [0.5, 0.6) is 5.75 Å². The third-order valence-electron chi connectivity index (χ3n) is 7.01. The lowest BCUT2D eigenvalue weighted by Gasteiger charge is -2.40. The topological polar surface area (TPSA) is 108 Å². The van der Waals surface area contributed by atoms with Crippen LogP contribution in [0.2, 0.25) is 0 Å². The Morgan fingerprint density at radius 3 is 2.54 bits per heavy atom. The number of benzene rings is 2. The Morgan fingerprint density at radius 1 is 1.14 bits per heavy atom. The van der Waals surface area contributed by atoms with Crippen LogP contribution in [0.15, 0.2) is 71.3 Å². The van der Waals surface area contributed by atoms with Crippen LogP contribution >= 0.6 is 0 Å². The molecule has 180 valence electrons. The normalized spacial score (nSPS) is 23.3. The van der Waals surface area contributed by atoms with E-state index in [1.165, 1.54) is 4.90 Å². The monoisotopic (exact) mass is 474 g/mol. The van der Waals surface area contributed by atoms with Crippen LogP contribution in [-0.4, -0.2) is 38.4 Å². The summed E-state index contributed by atoms with van der Waals surface area (Å²) in [6.45, 7) is 1.74. The fraction of sp³-hybridized carbons (Fsp3) is 0.296. The maximum Gasteiger partial charge on any atom is 0.341 e. The number of allylic oxidation sites excluding steroid dienone is 1. The van der Waals surface area contributed by atoms with Gasteiger partial charge in [-0.3, -0.25) is 9.59 Å². The molecule has 0 saturated heterocycles. The maximum absolute atomic E-state index is 14.0. The van der Waals surface area contributed by atoms with E-state index in [4.69, 9.17) is 19.9 Å². The fourth-order valence-electron chi connectivity index (χ4n) is 5.50. The highest BCUT2D eigenvalue weighted by Crippen LogP contribution is 2.56. The highest BCUT2D eigenvalue weighted by molar-refractivity contribution is 6.23. The Labute approximate surface area is 202 Å². The first-order valence-electron chi connectivity index (χ1n) is 11.5. The number of para-hydroxylation sites is 1. The Kier molecular flexibility index (Phi) is 5.39. The van der Waals surface area contributed by atoms with Gasteiger partial charge in [0.2, 0.25) is 11.8 Å². The second kappa shape index (κ2) is 8.30. The summed E-state index contributed by atoms with van der Waals surface area (Å²) in [4.78, 5) is 42.5. The quantitative estimate of drug-likeness (QED) is 0.679. The van der Waals surface area contributed by atoms with Crippen molar-refractivity contribution in [3.05, 3.63) is 82.4 Å². The number of nitrogens with two attached hydrogens (primary N) is 1. The minimum absolute atomic E-state index is 0.0801. The molecule has 1 amide bonds. The molecule has 0 bridgehead atoms. The number of amides is 1. The van der Waals surface area contributed by atoms with Crippen LogP contribution in [-0.2, 0) is 29.3 Å². The molecule has 0 fully saturated rings. The molecule has 0 unspecified atom stereocenters. The summed E-state index contributed by atoms with van der Waals surface area (Å²) in [6.07, 6.45) is 0.510. The number of rotatable bonds is 4. The molecule has 8 nitrogen and oxygen atoms in total. The zero-order chi connectivity index (χ0) is 24.9. The first kappa shape index (κ1) is 22.7. The lowest BCUT2D eigenvalue weighted by atomic mass is 9.63. The standard InChI is InChI=1S/C27H26N2O6/c1-4-34-25(31)23-24(28)35-21-14-16(15-9-11-17(33-3)12-10-15)13-20(30)22(21)27(23)18-7-5-6-8-19(18)29(2)26(27)32/h5-12,16H,4,13-14,28H2,1-3H3/t16-,27+/m1/s1. The summed E-state index contributed by atoms with van der Waals surface area (Å²) in [5, 5.41) is 0. The molecule has 0 saturated carbocycles. The molecular weight excluding hydrogens is 448 g/mol. The van der Waals surface area contributed by atoms with Crippen molar-refractivity contribution in [3.63, 3.8) is 0 Å². The second-order valence-electron chi connectivity index (χ2n) is 8.79. The Bertz CT molecular complexity index is 1310. The van der Waals surface area contributed by atoms with E-state index in [9.17, 15) is 14.4 Å². The molecule has 2 heterocycles. The summed E-state index contributed by atoms with van der Waals surface area (Å²) >= 11 is 0. The van der Waals surface area contributed by atoms with E-state index in [-0.39, 0.29) is 41.8 Å². The number of nitrogens with zero attached hydrogens (tertiary/aromatic N) is 1. The van der Waals surface area contributed by atoms with Gasteiger partial charge in [-0.2, -0.15) is 0 Å². The maximum atomic E-state index is 14.0. The van der Waals surface area contributed by atoms with E-state index in [0.29, 0.717) is 29.2 Å². The number of carbonyl (C=O) groups is 3. The predicted molar refractivity (Wildman–Crippen MR) is 127 cm³/mol. The van der Waals surface area contributed by atoms with Crippen LogP contribution in [0.4, 0.5) is 5.69 Å². The fourth-order valence-corrected chi connectivity index (χ4v) is 5.50. The molecule has 2 N–H and O–H groups in total. The lowest BCUT2D eigenvalue weighted by molar-refractivity contribution is -0.141. The van der Waals surface area contributed by atoms with E-state index in [2.05, 4.69) is 0 Å². The van der Waals surface area contributed by atoms with Crippen molar-refractivity contribution in [1.29, 1.82) is 0 Å². The van der Waals surface area contributed by atoms with Crippen LogP contribution in [0, 0.1) is 0 Å². The number of hydrogen-bond acceptors (Lipinski definition) is 7. The Balaban J connectivity index is 1.71. The SMILES string of the molecule is CCOC(=O)C1=C(N)OC2=C(C(=O)C[C@@H](c3ccc(OC)cc3)C2)[C@]12C(=O)N(C)c1ccccc12. The lowest BCUT2D eigenvalue weighted by Crippen LogP contribution is -2.51.